The number of nitrogens with zero attached hydrogens (tertiary/aromatic N) is 4. The third-order valence-corrected chi connectivity index (χ3v) is 14.2. The molecule has 8 heteroatoms. The van der Waals surface area contributed by atoms with E-state index in [2.05, 4.69) is 87.2 Å². The van der Waals surface area contributed by atoms with E-state index in [4.69, 9.17) is 4.74 Å². The number of ketones is 3. The Balaban J connectivity index is 0.000000144. The Kier molecular flexibility index (Phi) is 14.3. The molecule has 8 aliphatic rings. The van der Waals surface area contributed by atoms with Gasteiger partial charge in [-0.05, 0) is 113 Å². The van der Waals surface area contributed by atoms with Crippen LogP contribution in [0.4, 0.5) is 0 Å². The van der Waals surface area contributed by atoms with Crippen LogP contribution in [0.2, 0.25) is 0 Å². The number of pyridine rings is 1. The van der Waals surface area contributed by atoms with Gasteiger partial charge in [0.25, 0.3) is 0 Å². The fourth-order valence-corrected chi connectivity index (χ4v) is 11.0. The van der Waals surface area contributed by atoms with Crippen LogP contribution < -0.4 is 4.74 Å². The van der Waals surface area contributed by atoms with Gasteiger partial charge in [0.15, 0.2) is 0 Å². The molecule has 5 aliphatic heterocycles. The van der Waals surface area contributed by atoms with Crippen molar-refractivity contribution in [1.82, 2.24) is 19.7 Å². The Hall–Kier alpha value is -2.94. The minimum absolute atomic E-state index is 0.280. The normalized spacial score (nSPS) is 30.6. The van der Waals surface area contributed by atoms with Gasteiger partial charge in [-0.1, -0.05) is 50.2 Å². The van der Waals surface area contributed by atoms with Crippen molar-refractivity contribution >= 4 is 17.3 Å². The zero-order chi connectivity index (χ0) is 40.3. The van der Waals surface area contributed by atoms with E-state index in [0.29, 0.717) is 107 Å². The van der Waals surface area contributed by atoms with Gasteiger partial charge in [0.05, 0.1) is 7.11 Å². The number of Topliss-reactive ketones (excluding diaryl/α,β-unsaturated/α-hetero) is 3. The summed E-state index contributed by atoms with van der Waals surface area (Å²) in [5.41, 5.74) is 2.16. The van der Waals surface area contributed by atoms with Crippen molar-refractivity contribution in [1.29, 1.82) is 0 Å². The van der Waals surface area contributed by atoms with Gasteiger partial charge < -0.3 is 19.4 Å². The lowest BCUT2D eigenvalue weighted by Gasteiger charge is -2.54. The number of hydrogen-bond acceptors (Lipinski definition) is 8. The Labute approximate surface area is 338 Å². The highest BCUT2D eigenvalue weighted by Gasteiger charge is 2.52. The van der Waals surface area contributed by atoms with Crippen LogP contribution in [0.15, 0.2) is 48.7 Å². The molecule has 56 heavy (non-hydrogen) atoms. The number of carbonyl (C=O) groups is 3. The van der Waals surface area contributed by atoms with Crippen molar-refractivity contribution < 1.29 is 19.1 Å². The molecule has 5 saturated heterocycles. The fraction of sp³-hybridized carbons (Fsp3) is 0.708. The van der Waals surface area contributed by atoms with Crippen LogP contribution in [-0.2, 0) is 27.2 Å². The van der Waals surface area contributed by atoms with E-state index in [1.807, 2.05) is 30.3 Å². The standard InChI is InChI=1S/C17H24N2O2.C17H23NO.C14H25NO/c1-11(2)19-9-13-7-14(10-19)17(13)15(20)6-12-4-5-16(21-3)18-8-12;1-12(2)18-10-14-9-15(11-18)17(14)16(19)8-13-6-4-3-5-7-13;1-9(2)5-13(16)14-11-6-12(14)8-15(7-11)10(3)4/h4-5,8,11,13-14,17H,6-7,9-10H2,1-3H3;3-7,12,14-15,17H,8-11H2,1-2H3;9-12,14H,5-8H2,1-4H3. The van der Waals surface area contributed by atoms with Crippen molar-refractivity contribution in [3.63, 3.8) is 0 Å². The summed E-state index contributed by atoms with van der Waals surface area (Å²) in [6.45, 7) is 24.5. The summed E-state index contributed by atoms with van der Waals surface area (Å²) in [6, 6.07) is 15.8. The van der Waals surface area contributed by atoms with Gasteiger partial charge in [-0.3, -0.25) is 14.4 Å². The van der Waals surface area contributed by atoms with Gasteiger partial charge in [0, 0.05) is 107 Å². The summed E-state index contributed by atoms with van der Waals surface area (Å²) in [4.78, 5) is 48.9. The third kappa shape index (κ3) is 10.0. The van der Waals surface area contributed by atoms with Crippen molar-refractivity contribution in [2.75, 3.05) is 46.4 Å². The molecule has 10 rings (SSSR count). The molecule has 308 valence electrons. The summed E-state index contributed by atoms with van der Waals surface area (Å²) in [5, 5.41) is 0. The first-order valence-corrected chi connectivity index (χ1v) is 22.0. The maximum absolute atomic E-state index is 12.6. The first kappa shape index (κ1) is 42.7. The van der Waals surface area contributed by atoms with Gasteiger partial charge in [0.2, 0.25) is 5.88 Å². The molecule has 3 aliphatic carbocycles. The number of piperidine rings is 6. The molecule has 2 aromatic rings. The summed E-state index contributed by atoms with van der Waals surface area (Å²) < 4.78 is 5.05. The molecule has 1 aromatic carbocycles. The van der Waals surface area contributed by atoms with Crippen molar-refractivity contribution in [2.45, 2.75) is 112 Å². The summed E-state index contributed by atoms with van der Waals surface area (Å²) >= 11 is 0. The molecule has 6 atom stereocenters. The van der Waals surface area contributed by atoms with E-state index in [-0.39, 0.29) is 5.92 Å². The molecule has 3 saturated carbocycles. The SMILES string of the molecule is CC(C)CC(=O)C1C2CC1CN(C(C)C)C2.CC(C)N1CC2CC(C1)C2C(=O)Cc1ccccc1.COc1ccc(CC(=O)C2C3CC2CN(C(C)C)C3)cn1. The Morgan fingerprint density at radius 3 is 1.30 bits per heavy atom. The number of likely N-dealkylation sites (tertiary alicyclic amines) is 1. The quantitative estimate of drug-likeness (QED) is 0.207. The molecular formula is C48H72N4O4. The Bertz CT molecular complexity index is 1570. The highest BCUT2D eigenvalue weighted by Crippen LogP contribution is 2.49. The average molecular weight is 769 g/mol. The smallest absolute Gasteiger partial charge is 0.212 e. The molecular weight excluding hydrogens is 697 g/mol. The second-order valence-corrected chi connectivity index (χ2v) is 19.5. The van der Waals surface area contributed by atoms with Crippen molar-refractivity contribution in [3.8, 4) is 5.88 Å². The predicted molar refractivity (Wildman–Crippen MR) is 225 cm³/mol. The van der Waals surface area contributed by atoms with Crippen LogP contribution in [0, 0.1) is 59.2 Å². The number of fused-ring (bicyclic) bond motifs is 6. The number of methoxy groups -OCH3 is 1. The minimum Gasteiger partial charge on any atom is -0.481 e. The molecule has 8 fully saturated rings. The molecule has 8 nitrogen and oxygen atoms in total. The highest BCUT2D eigenvalue weighted by molar-refractivity contribution is 5.85. The molecule has 0 N–H and O–H groups in total. The van der Waals surface area contributed by atoms with Gasteiger partial charge in [-0.25, -0.2) is 4.98 Å². The molecule has 6 heterocycles. The van der Waals surface area contributed by atoms with Crippen LogP contribution in [0.1, 0.15) is 92.2 Å². The Morgan fingerprint density at radius 1 is 0.571 bits per heavy atom. The fourth-order valence-electron chi connectivity index (χ4n) is 11.0. The summed E-state index contributed by atoms with van der Waals surface area (Å²) in [6.07, 6.45) is 7.49. The third-order valence-electron chi connectivity index (χ3n) is 14.2. The lowest BCUT2D eigenvalue weighted by atomic mass is 9.59. The molecule has 0 spiro atoms. The maximum Gasteiger partial charge on any atom is 0.212 e. The monoisotopic (exact) mass is 769 g/mol. The maximum atomic E-state index is 12.6. The minimum atomic E-state index is 0.280. The second kappa shape index (κ2) is 18.8. The van der Waals surface area contributed by atoms with Gasteiger partial charge in [-0.2, -0.15) is 0 Å². The van der Waals surface area contributed by atoms with E-state index in [9.17, 15) is 14.4 Å². The second-order valence-electron chi connectivity index (χ2n) is 19.5. The van der Waals surface area contributed by atoms with E-state index >= 15 is 0 Å². The molecule has 0 radical (unpaired) electrons. The van der Waals surface area contributed by atoms with Gasteiger partial charge in [0.1, 0.15) is 17.3 Å². The average Bonchev–Trinajstić information content (AvgIpc) is 3.15. The summed E-state index contributed by atoms with van der Waals surface area (Å²) in [5.74, 6) is 7.30. The number of ether oxygens (including phenoxy) is 1. The van der Waals surface area contributed by atoms with Gasteiger partial charge >= 0.3 is 0 Å². The van der Waals surface area contributed by atoms with Crippen LogP contribution in [-0.4, -0.2) is 102 Å². The number of aromatic nitrogens is 1. The van der Waals surface area contributed by atoms with Crippen LogP contribution in [0.3, 0.4) is 0 Å². The largest absolute Gasteiger partial charge is 0.481 e. The zero-order valence-corrected chi connectivity index (χ0v) is 36.0. The van der Waals surface area contributed by atoms with Crippen molar-refractivity contribution in [3.05, 3.63) is 59.8 Å². The molecule has 6 bridgehead atoms. The highest BCUT2D eigenvalue weighted by atomic mass is 16.5. The van der Waals surface area contributed by atoms with Crippen LogP contribution >= 0.6 is 0 Å². The number of rotatable bonds is 13. The molecule has 0 amide bonds. The predicted octanol–water partition coefficient (Wildman–Crippen LogP) is 7.53. The van der Waals surface area contributed by atoms with Crippen molar-refractivity contribution in [2.24, 2.45) is 59.2 Å². The topological polar surface area (TPSA) is 83.1 Å². The first-order valence-electron chi connectivity index (χ1n) is 22.0. The lowest BCUT2D eigenvalue weighted by molar-refractivity contribution is -0.141. The van der Waals surface area contributed by atoms with Crippen LogP contribution in [0.5, 0.6) is 5.88 Å². The lowest BCUT2D eigenvalue weighted by Crippen LogP contribution is -2.59. The van der Waals surface area contributed by atoms with Gasteiger partial charge in [-0.15, -0.1) is 0 Å². The first-order chi connectivity index (χ1) is 26.7. The summed E-state index contributed by atoms with van der Waals surface area (Å²) in [7, 11) is 1.60. The number of benzene rings is 1. The Morgan fingerprint density at radius 2 is 0.964 bits per heavy atom. The zero-order valence-electron chi connectivity index (χ0n) is 36.0. The van der Waals surface area contributed by atoms with E-state index in [1.165, 1.54) is 19.3 Å². The molecule has 1 aromatic heterocycles. The van der Waals surface area contributed by atoms with Crippen LogP contribution in [0.25, 0.3) is 0 Å². The number of hydrogen-bond donors (Lipinski definition) is 0. The van der Waals surface area contributed by atoms with E-state index < -0.39 is 0 Å². The van der Waals surface area contributed by atoms with E-state index in [0.717, 1.165) is 56.8 Å². The molecule has 6 unspecified atom stereocenters. The number of carbonyl (C=O) groups excluding carboxylic acids is 3. The van der Waals surface area contributed by atoms with E-state index in [1.54, 1.807) is 13.3 Å².